The van der Waals surface area contributed by atoms with E-state index in [-0.39, 0.29) is 6.10 Å². The molecular weight excluding hydrogens is 412 g/mol. The first-order valence-electron chi connectivity index (χ1n) is 15.4. The summed E-state index contributed by atoms with van der Waals surface area (Å²) < 4.78 is 0. The molecule has 0 heterocycles. The summed E-state index contributed by atoms with van der Waals surface area (Å²) in [6.07, 6.45) is 28.2. The van der Waals surface area contributed by atoms with Gasteiger partial charge in [-0.2, -0.15) is 0 Å². The Morgan fingerprint density at radius 1 is 1.03 bits per heavy atom. The second-order valence-electron chi connectivity index (χ2n) is 14.0. The Morgan fingerprint density at radius 3 is 2.68 bits per heavy atom. The lowest BCUT2D eigenvalue weighted by Crippen LogP contribution is -2.50. The van der Waals surface area contributed by atoms with Gasteiger partial charge in [-0.3, -0.25) is 0 Å². The largest absolute Gasteiger partial charge is 0.393 e. The highest BCUT2D eigenvalue weighted by Gasteiger charge is 2.59. The zero-order chi connectivity index (χ0) is 23.9. The highest BCUT2D eigenvalue weighted by atomic mass is 16.3. The number of unbranched alkanes of at least 4 members (excludes halogenated alkanes) is 1. The molecule has 0 amide bonds. The molecule has 0 spiro atoms. The number of hydrogen-bond acceptors (Lipinski definition) is 1. The van der Waals surface area contributed by atoms with E-state index in [2.05, 4.69) is 45.9 Å². The van der Waals surface area contributed by atoms with Gasteiger partial charge in [0.05, 0.1) is 6.10 Å². The molecule has 4 fully saturated rings. The Bertz CT molecular complexity index is 765. The highest BCUT2D eigenvalue weighted by Crippen LogP contribution is 2.67. The normalized spacial score (nSPS) is 47.6. The molecule has 5 aliphatic rings. The van der Waals surface area contributed by atoms with Crippen molar-refractivity contribution in [2.24, 2.45) is 52.3 Å². The van der Waals surface area contributed by atoms with Crippen LogP contribution in [0.5, 0.6) is 0 Å². The van der Waals surface area contributed by atoms with Crippen LogP contribution in [-0.2, 0) is 0 Å². The van der Waals surface area contributed by atoms with E-state index < -0.39 is 0 Å². The zero-order valence-corrected chi connectivity index (χ0v) is 22.9. The molecule has 0 aliphatic heterocycles. The lowest BCUT2D eigenvalue weighted by Gasteiger charge is -2.58. The van der Waals surface area contributed by atoms with E-state index in [0.717, 1.165) is 54.3 Å². The average molecular weight is 467 g/mol. The van der Waals surface area contributed by atoms with Gasteiger partial charge in [0.25, 0.3) is 0 Å². The Hall–Kier alpha value is -0.560. The number of hydrogen-bond donors (Lipinski definition) is 1. The van der Waals surface area contributed by atoms with Crippen molar-refractivity contribution >= 4 is 0 Å². The van der Waals surface area contributed by atoms with E-state index in [0.29, 0.717) is 10.8 Å². The van der Waals surface area contributed by atoms with E-state index in [1.54, 1.807) is 5.57 Å². The van der Waals surface area contributed by atoms with Crippen LogP contribution in [0.4, 0.5) is 0 Å². The molecular formula is C33H54O. The van der Waals surface area contributed by atoms with Gasteiger partial charge in [-0.1, -0.05) is 77.2 Å². The van der Waals surface area contributed by atoms with E-state index in [9.17, 15) is 5.11 Å². The number of aliphatic hydroxyl groups excluding tert-OH is 1. The lowest BCUT2D eigenvalue weighted by atomic mass is 9.47. The van der Waals surface area contributed by atoms with Crippen LogP contribution in [0.2, 0.25) is 0 Å². The standard InChI is InChI=1S/C33H54O/c1-5-6-9-24-10-7-8-11-25(24)13-12-23(2)29-16-17-30-28-15-14-26-22-27(34)18-20-32(26,3)31(28)19-21-33(29,30)4/h12-14,23-25,27-31,34H,5-11,15-22H2,1-4H3/b13-12+/t23-,24?,25?,27+,28+,29-,30+,31+,32+,33-/m1/s1. The van der Waals surface area contributed by atoms with Crippen LogP contribution >= 0.6 is 0 Å². The molecule has 0 aromatic carbocycles. The van der Waals surface area contributed by atoms with Crippen LogP contribution < -0.4 is 0 Å². The maximum Gasteiger partial charge on any atom is 0.0577 e. The van der Waals surface area contributed by atoms with Gasteiger partial charge in [-0.05, 0) is 123 Å². The average Bonchev–Trinajstić information content (AvgIpc) is 3.19. The Morgan fingerprint density at radius 2 is 1.85 bits per heavy atom. The topological polar surface area (TPSA) is 20.2 Å². The summed E-state index contributed by atoms with van der Waals surface area (Å²) in [4.78, 5) is 0. The summed E-state index contributed by atoms with van der Waals surface area (Å²) in [5.74, 6) is 6.09. The van der Waals surface area contributed by atoms with Gasteiger partial charge in [-0.15, -0.1) is 0 Å². The van der Waals surface area contributed by atoms with Crippen molar-refractivity contribution in [3.05, 3.63) is 23.8 Å². The Kier molecular flexibility index (Phi) is 7.43. The molecule has 34 heavy (non-hydrogen) atoms. The van der Waals surface area contributed by atoms with E-state index in [1.807, 2.05) is 0 Å². The molecule has 5 rings (SSSR count). The van der Waals surface area contributed by atoms with Gasteiger partial charge in [0, 0.05) is 0 Å². The van der Waals surface area contributed by atoms with Crippen molar-refractivity contribution < 1.29 is 5.11 Å². The third kappa shape index (κ3) is 4.39. The predicted octanol–water partition coefficient (Wildman–Crippen LogP) is 9.12. The number of rotatable bonds is 6. The first kappa shape index (κ1) is 25.1. The van der Waals surface area contributed by atoms with Gasteiger partial charge < -0.3 is 5.11 Å². The minimum Gasteiger partial charge on any atom is -0.393 e. The minimum absolute atomic E-state index is 0.0843. The van der Waals surface area contributed by atoms with Crippen molar-refractivity contribution in [3.8, 4) is 0 Å². The van der Waals surface area contributed by atoms with Crippen molar-refractivity contribution in [1.29, 1.82) is 0 Å². The number of fused-ring (bicyclic) bond motifs is 5. The van der Waals surface area contributed by atoms with Crippen molar-refractivity contribution in [1.82, 2.24) is 0 Å². The number of aliphatic hydroxyl groups is 1. The van der Waals surface area contributed by atoms with Gasteiger partial charge in [-0.25, -0.2) is 0 Å². The van der Waals surface area contributed by atoms with Crippen LogP contribution in [0.3, 0.4) is 0 Å². The Labute approximate surface area is 211 Å². The van der Waals surface area contributed by atoms with Crippen LogP contribution in [0.25, 0.3) is 0 Å². The third-order valence-corrected chi connectivity index (χ3v) is 12.3. The summed E-state index contributed by atoms with van der Waals surface area (Å²) >= 11 is 0. The first-order valence-corrected chi connectivity index (χ1v) is 15.4. The third-order valence-electron chi connectivity index (χ3n) is 12.3. The fourth-order valence-corrected chi connectivity index (χ4v) is 10.3. The number of allylic oxidation sites excluding steroid dienone is 3. The minimum atomic E-state index is -0.0843. The summed E-state index contributed by atoms with van der Waals surface area (Å²) in [6.45, 7) is 10.2. The highest BCUT2D eigenvalue weighted by molar-refractivity contribution is 5.25. The van der Waals surface area contributed by atoms with Crippen LogP contribution in [0, 0.1) is 52.3 Å². The summed E-state index contributed by atoms with van der Waals surface area (Å²) in [7, 11) is 0. The van der Waals surface area contributed by atoms with E-state index in [1.165, 1.54) is 83.5 Å². The monoisotopic (exact) mass is 466 g/mol. The van der Waals surface area contributed by atoms with Crippen molar-refractivity contribution in [3.63, 3.8) is 0 Å². The van der Waals surface area contributed by atoms with Crippen LogP contribution in [0.15, 0.2) is 23.8 Å². The molecule has 1 nitrogen and oxygen atoms in total. The SMILES string of the molecule is CCCCC1CCCCC1/C=C/[C@@H](C)[C@H]1CC[C@H]2[C@@H]3CC=C4C[C@@H](O)CC[C@]4(C)[C@H]3CC[C@]12C. The molecule has 0 radical (unpaired) electrons. The second-order valence-corrected chi connectivity index (χ2v) is 14.0. The molecule has 2 unspecified atom stereocenters. The Balaban J connectivity index is 1.28. The zero-order valence-electron chi connectivity index (χ0n) is 22.9. The molecule has 1 heteroatoms. The second kappa shape index (κ2) is 10.1. The van der Waals surface area contributed by atoms with Crippen molar-refractivity contribution in [2.45, 2.75) is 130 Å². The smallest absolute Gasteiger partial charge is 0.0577 e. The molecule has 5 aliphatic carbocycles. The van der Waals surface area contributed by atoms with E-state index in [4.69, 9.17) is 0 Å². The van der Waals surface area contributed by atoms with Crippen LogP contribution in [-0.4, -0.2) is 11.2 Å². The molecule has 10 atom stereocenters. The quantitative estimate of drug-likeness (QED) is 0.387. The van der Waals surface area contributed by atoms with Crippen LogP contribution in [0.1, 0.15) is 124 Å². The van der Waals surface area contributed by atoms with E-state index >= 15 is 0 Å². The molecule has 0 aromatic heterocycles. The molecule has 192 valence electrons. The molecule has 0 saturated heterocycles. The predicted molar refractivity (Wildman–Crippen MR) is 144 cm³/mol. The van der Waals surface area contributed by atoms with Gasteiger partial charge in [0.15, 0.2) is 0 Å². The first-order chi connectivity index (χ1) is 16.4. The fraction of sp³-hybridized carbons (Fsp3) is 0.879. The molecule has 1 N–H and O–H groups in total. The van der Waals surface area contributed by atoms with Gasteiger partial charge in [0.1, 0.15) is 0 Å². The molecule has 4 saturated carbocycles. The fourth-order valence-electron chi connectivity index (χ4n) is 10.3. The van der Waals surface area contributed by atoms with Gasteiger partial charge in [0.2, 0.25) is 0 Å². The maximum atomic E-state index is 10.3. The van der Waals surface area contributed by atoms with Crippen molar-refractivity contribution in [2.75, 3.05) is 0 Å². The van der Waals surface area contributed by atoms with Gasteiger partial charge >= 0.3 is 0 Å². The summed E-state index contributed by atoms with van der Waals surface area (Å²) in [5.41, 5.74) is 2.53. The molecule has 0 aromatic rings. The lowest BCUT2D eigenvalue weighted by molar-refractivity contribution is -0.0540. The summed E-state index contributed by atoms with van der Waals surface area (Å²) in [6, 6.07) is 0. The molecule has 0 bridgehead atoms. The maximum absolute atomic E-state index is 10.3. The summed E-state index contributed by atoms with van der Waals surface area (Å²) in [5, 5.41) is 10.3.